The number of imidazole rings is 1. The van der Waals surface area contributed by atoms with Crippen molar-refractivity contribution in [2.75, 3.05) is 0 Å². The van der Waals surface area contributed by atoms with Crippen LogP contribution in [0.2, 0.25) is 0 Å². The van der Waals surface area contributed by atoms with Gasteiger partial charge in [-0.3, -0.25) is 13.7 Å². The molecular formula is C46H36N4. The summed E-state index contributed by atoms with van der Waals surface area (Å²) >= 11 is 0. The number of hydrogen-bond donors (Lipinski definition) is 0. The summed E-state index contributed by atoms with van der Waals surface area (Å²) in [5, 5.41) is 2.07. The van der Waals surface area contributed by atoms with Crippen LogP contribution in [-0.2, 0) is 5.41 Å². The molecule has 0 aliphatic carbocycles. The van der Waals surface area contributed by atoms with Crippen LogP contribution in [0.25, 0.3) is 72.3 Å². The van der Waals surface area contributed by atoms with Crippen LogP contribution in [0.3, 0.4) is 0 Å². The highest BCUT2D eigenvalue weighted by molar-refractivity contribution is 6.07. The zero-order valence-electron chi connectivity index (χ0n) is 37.6. The Morgan fingerprint density at radius 2 is 1.26 bits per heavy atom. The fourth-order valence-electron chi connectivity index (χ4n) is 6.72. The van der Waals surface area contributed by atoms with Gasteiger partial charge in [-0.15, -0.1) is 0 Å². The third-order valence-corrected chi connectivity index (χ3v) is 9.08. The van der Waals surface area contributed by atoms with E-state index in [1.165, 1.54) is 0 Å². The highest BCUT2D eigenvalue weighted by atomic mass is 15.1. The molecule has 0 amide bonds. The Bertz CT molecular complexity index is 3070. The lowest BCUT2D eigenvalue weighted by atomic mass is 9.86. The Kier molecular flexibility index (Phi) is 4.91. The highest BCUT2D eigenvalue weighted by Gasteiger charge is 2.23. The van der Waals surface area contributed by atoms with Gasteiger partial charge in [0, 0.05) is 22.7 Å². The second-order valence-corrected chi connectivity index (χ2v) is 13.2. The van der Waals surface area contributed by atoms with Gasteiger partial charge in [-0.25, -0.2) is 4.98 Å². The molecule has 0 unspecified atom stereocenters. The van der Waals surface area contributed by atoms with Crippen molar-refractivity contribution >= 4 is 33.0 Å². The van der Waals surface area contributed by atoms with Gasteiger partial charge in [0.05, 0.1) is 41.6 Å². The monoisotopic (exact) mass is 654 g/mol. The van der Waals surface area contributed by atoms with Crippen LogP contribution in [0.1, 0.15) is 40.0 Å². The van der Waals surface area contributed by atoms with E-state index in [0.29, 0.717) is 11.0 Å². The van der Waals surface area contributed by atoms with Gasteiger partial charge in [-0.1, -0.05) is 142 Å². The number of para-hydroxylation sites is 4. The lowest BCUT2D eigenvalue weighted by Gasteiger charge is -2.22. The maximum atomic E-state index is 9.02. The van der Waals surface area contributed by atoms with E-state index >= 15 is 0 Å². The molecule has 9 aromatic rings. The number of aromatic nitrogens is 4. The SMILES string of the molecule is [2H]c1c([2H])c([2H])c(-c2cccc(-c3c([2H])c([2H])c([2H])c([2H])c3[2H])c2-[n+]2[c-]n(-c3cc(-n4c5ccccc5c5cccnc54)cc(C(C)(C)C)c3)c3ccccc32)c([2H])c1[2H]. The van der Waals surface area contributed by atoms with Crippen molar-refractivity contribution < 1.29 is 18.3 Å². The molecule has 0 spiro atoms. The molecule has 0 saturated heterocycles. The van der Waals surface area contributed by atoms with E-state index in [1.54, 1.807) is 29.0 Å². The standard InChI is InChI=1S/C46H36N4/c1-46(2,3)34-28-35(30-36(29-34)50-41-24-11-10-20-39(41)40-23-15-27-47-45(40)50)48-31-49(43-26-13-12-25-42(43)48)44-37(32-16-6-4-7-17-32)21-14-22-38(44)33-18-8-5-9-19-33/h4-30H,1-3H3/i4D,5D,6D,7D,8D,9D,16D,17D,18D,19D. The molecule has 0 N–H and O–H groups in total. The van der Waals surface area contributed by atoms with E-state index in [1.807, 2.05) is 47.0 Å². The maximum absolute atomic E-state index is 9.02. The summed E-state index contributed by atoms with van der Waals surface area (Å²) in [6.45, 7) is 6.42. The van der Waals surface area contributed by atoms with E-state index in [-0.39, 0.29) is 33.4 Å². The van der Waals surface area contributed by atoms with Crippen LogP contribution in [0.5, 0.6) is 0 Å². The minimum absolute atomic E-state index is 0.112. The highest BCUT2D eigenvalue weighted by Crippen LogP contribution is 2.37. The number of benzene rings is 6. The van der Waals surface area contributed by atoms with Crippen LogP contribution < -0.4 is 4.57 Å². The first-order valence-corrected chi connectivity index (χ1v) is 16.3. The molecule has 3 heterocycles. The first-order chi connectivity index (χ1) is 28.6. The van der Waals surface area contributed by atoms with Crippen molar-refractivity contribution in [3.8, 4) is 39.3 Å². The van der Waals surface area contributed by atoms with Crippen LogP contribution >= 0.6 is 0 Å². The summed E-state index contributed by atoms with van der Waals surface area (Å²) < 4.78 is 92.7. The smallest absolute Gasteiger partial charge is 0.269 e. The summed E-state index contributed by atoms with van der Waals surface area (Å²) in [6, 6.07) is 25.7. The summed E-state index contributed by atoms with van der Waals surface area (Å²) in [7, 11) is 0. The van der Waals surface area contributed by atoms with Gasteiger partial charge in [-0.05, 0) is 69.6 Å². The van der Waals surface area contributed by atoms with Crippen molar-refractivity contribution in [1.29, 1.82) is 0 Å². The Balaban J connectivity index is 1.41. The third kappa shape index (κ3) is 4.91. The molecule has 0 saturated carbocycles. The number of fused-ring (bicyclic) bond motifs is 4. The number of rotatable bonds is 5. The quantitative estimate of drug-likeness (QED) is 0.134. The van der Waals surface area contributed by atoms with Crippen molar-refractivity contribution in [1.82, 2.24) is 14.1 Å². The van der Waals surface area contributed by atoms with E-state index in [2.05, 4.69) is 68.1 Å². The zero-order valence-corrected chi connectivity index (χ0v) is 27.6. The summed E-state index contributed by atoms with van der Waals surface area (Å²) in [6.07, 6.45) is 5.31. The molecule has 0 aliphatic heterocycles. The number of nitrogens with zero attached hydrogens (tertiary/aromatic N) is 4. The van der Waals surface area contributed by atoms with E-state index in [4.69, 9.17) is 18.7 Å². The molecule has 9 rings (SSSR count). The van der Waals surface area contributed by atoms with Gasteiger partial charge in [0.15, 0.2) is 0 Å². The first-order valence-electron chi connectivity index (χ1n) is 21.3. The maximum Gasteiger partial charge on any atom is 0.269 e. The van der Waals surface area contributed by atoms with Crippen LogP contribution in [0, 0.1) is 6.33 Å². The normalized spacial score (nSPS) is 14.7. The molecule has 6 aromatic carbocycles. The molecule has 4 nitrogen and oxygen atoms in total. The van der Waals surface area contributed by atoms with Gasteiger partial charge in [-0.2, -0.15) is 0 Å². The van der Waals surface area contributed by atoms with Crippen molar-refractivity contribution in [2.24, 2.45) is 0 Å². The van der Waals surface area contributed by atoms with Gasteiger partial charge in [0.25, 0.3) is 6.33 Å². The summed E-state index contributed by atoms with van der Waals surface area (Å²) in [5.74, 6) is 0. The van der Waals surface area contributed by atoms with Gasteiger partial charge < -0.3 is 0 Å². The third-order valence-electron chi connectivity index (χ3n) is 9.08. The zero-order chi connectivity index (χ0) is 42.5. The molecule has 0 bridgehead atoms. The number of pyridine rings is 1. The predicted molar refractivity (Wildman–Crippen MR) is 205 cm³/mol. The second-order valence-electron chi connectivity index (χ2n) is 13.2. The number of hydrogen-bond acceptors (Lipinski definition) is 1. The Morgan fingerprint density at radius 3 is 1.96 bits per heavy atom. The fraction of sp³-hybridized carbons (Fsp3) is 0.0870. The largest absolute Gasteiger partial charge is 0.294 e. The molecule has 0 fully saturated rings. The average molecular weight is 655 g/mol. The Morgan fingerprint density at radius 1 is 0.640 bits per heavy atom. The first kappa shape index (κ1) is 21.0. The topological polar surface area (TPSA) is 26.6 Å². The minimum Gasteiger partial charge on any atom is -0.294 e. The fourth-order valence-corrected chi connectivity index (χ4v) is 6.72. The Hall–Kier alpha value is -6.26. The summed E-state index contributed by atoms with van der Waals surface area (Å²) in [5.41, 5.74) is 5.72. The lowest BCUT2D eigenvalue weighted by Crippen LogP contribution is -2.31. The van der Waals surface area contributed by atoms with Gasteiger partial charge >= 0.3 is 0 Å². The van der Waals surface area contributed by atoms with E-state index in [9.17, 15) is 0 Å². The minimum atomic E-state index is -0.555. The molecule has 4 heteroatoms. The van der Waals surface area contributed by atoms with Crippen molar-refractivity contribution in [3.05, 3.63) is 176 Å². The molecular weight excluding hydrogens is 609 g/mol. The molecule has 0 atom stereocenters. The molecule has 240 valence electrons. The van der Waals surface area contributed by atoms with Crippen LogP contribution in [0.15, 0.2) is 164 Å². The average Bonchev–Trinajstić information content (AvgIpc) is 3.80. The molecule has 50 heavy (non-hydrogen) atoms. The lowest BCUT2D eigenvalue weighted by molar-refractivity contribution is -0.571. The van der Waals surface area contributed by atoms with Crippen LogP contribution in [0.4, 0.5) is 0 Å². The molecule has 0 radical (unpaired) electrons. The van der Waals surface area contributed by atoms with Gasteiger partial charge in [0.2, 0.25) is 0 Å². The molecule has 0 aliphatic rings. The van der Waals surface area contributed by atoms with Crippen molar-refractivity contribution in [2.45, 2.75) is 26.2 Å². The van der Waals surface area contributed by atoms with Crippen molar-refractivity contribution in [3.63, 3.8) is 0 Å². The predicted octanol–water partition coefficient (Wildman–Crippen LogP) is 10.8. The van der Waals surface area contributed by atoms with E-state index < -0.39 is 60.4 Å². The van der Waals surface area contributed by atoms with E-state index in [0.717, 1.165) is 38.9 Å². The molecule has 3 aromatic heterocycles. The Labute approximate surface area is 306 Å². The second kappa shape index (κ2) is 11.7. The van der Waals surface area contributed by atoms with Crippen LogP contribution in [-0.4, -0.2) is 14.1 Å². The van der Waals surface area contributed by atoms with Gasteiger partial charge in [0.1, 0.15) is 5.65 Å². The summed E-state index contributed by atoms with van der Waals surface area (Å²) in [4.78, 5) is 4.83.